The minimum absolute atomic E-state index is 0.0527. The molecule has 212 valence electrons. The fourth-order valence-electron chi connectivity index (χ4n) is 4.90. The molecule has 5 rings (SSSR count). The molecule has 7 nitrogen and oxygen atoms in total. The lowest BCUT2D eigenvalue weighted by Crippen LogP contribution is -2.60. The molecule has 0 radical (unpaired) electrons. The van der Waals surface area contributed by atoms with E-state index >= 15 is 0 Å². The maximum absolute atomic E-state index is 13.5. The van der Waals surface area contributed by atoms with Crippen molar-refractivity contribution in [2.75, 3.05) is 11.9 Å². The van der Waals surface area contributed by atoms with Gasteiger partial charge in [0.25, 0.3) is 5.91 Å². The van der Waals surface area contributed by atoms with Gasteiger partial charge in [0.05, 0.1) is 12.3 Å². The minimum atomic E-state index is -1.25. The topological polar surface area (TPSA) is 80.8 Å². The largest absolute Gasteiger partial charge is 0.444 e. The van der Waals surface area contributed by atoms with E-state index in [1.165, 1.54) is 16.0 Å². The van der Waals surface area contributed by atoms with E-state index in [4.69, 9.17) is 14.5 Å². The molecule has 0 aliphatic carbocycles. The first-order valence-electron chi connectivity index (χ1n) is 13.6. The lowest BCUT2D eigenvalue weighted by molar-refractivity contribution is -0.127. The van der Waals surface area contributed by atoms with Crippen LogP contribution in [0.25, 0.3) is 33.0 Å². The summed E-state index contributed by atoms with van der Waals surface area (Å²) < 4.78 is 11.5. The van der Waals surface area contributed by atoms with E-state index < -0.39 is 23.0 Å². The Hall–Kier alpha value is -4.01. The van der Waals surface area contributed by atoms with Crippen molar-refractivity contribution in [3.63, 3.8) is 0 Å². The standard InChI is InChI=1S/C33H35N3O4S/c1-31(2,3)40-30(38)36-32(4,5)39-21-33(36,6)29(37)34-26-18-16-24(17-19-26)27-20-41-28(35-27)25-14-12-23(13-15-25)22-10-8-7-9-11-22/h7-20H,21H2,1-6H3,(H,34,37). The fraction of sp³-hybridized carbons (Fsp3) is 0.303. The zero-order valence-electron chi connectivity index (χ0n) is 24.2. The van der Waals surface area contributed by atoms with E-state index in [0.29, 0.717) is 5.69 Å². The highest BCUT2D eigenvalue weighted by Crippen LogP contribution is 2.37. The molecule has 1 N–H and O–H groups in total. The summed E-state index contributed by atoms with van der Waals surface area (Å²) in [7, 11) is 0. The average Bonchev–Trinajstić information content (AvgIpc) is 3.52. The lowest BCUT2D eigenvalue weighted by Gasteiger charge is -2.39. The Morgan fingerprint density at radius 3 is 2.10 bits per heavy atom. The van der Waals surface area contributed by atoms with E-state index in [-0.39, 0.29) is 12.5 Å². The number of nitrogens with zero attached hydrogens (tertiary/aromatic N) is 2. The van der Waals surface area contributed by atoms with Gasteiger partial charge in [0.15, 0.2) is 0 Å². The van der Waals surface area contributed by atoms with Crippen molar-refractivity contribution in [2.45, 2.75) is 58.4 Å². The first-order valence-corrected chi connectivity index (χ1v) is 14.4. The van der Waals surface area contributed by atoms with Crippen LogP contribution in [0.3, 0.4) is 0 Å². The number of amides is 2. The van der Waals surface area contributed by atoms with Crippen LogP contribution >= 0.6 is 11.3 Å². The monoisotopic (exact) mass is 569 g/mol. The van der Waals surface area contributed by atoms with Gasteiger partial charge in [0.2, 0.25) is 0 Å². The van der Waals surface area contributed by atoms with Crippen molar-refractivity contribution in [2.24, 2.45) is 0 Å². The summed E-state index contributed by atoms with van der Waals surface area (Å²) in [6.45, 7) is 10.6. The van der Waals surface area contributed by atoms with E-state index in [1.54, 1.807) is 52.9 Å². The Labute approximate surface area is 245 Å². The maximum Gasteiger partial charge on any atom is 0.413 e. The van der Waals surface area contributed by atoms with Gasteiger partial charge in [-0.25, -0.2) is 9.78 Å². The second-order valence-corrected chi connectivity index (χ2v) is 12.7. The van der Waals surface area contributed by atoms with Gasteiger partial charge in [-0.05, 0) is 64.8 Å². The molecule has 0 bridgehead atoms. The Morgan fingerprint density at radius 2 is 1.46 bits per heavy atom. The molecule has 41 heavy (non-hydrogen) atoms. The number of benzene rings is 3. The molecule has 0 saturated carbocycles. The normalized spacial score (nSPS) is 18.2. The Kier molecular flexibility index (Phi) is 7.48. The molecule has 0 spiro atoms. The van der Waals surface area contributed by atoms with Crippen molar-refractivity contribution in [3.05, 3.63) is 84.2 Å². The molecule has 2 heterocycles. The number of hydrogen-bond donors (Lipinski definition) is 1. The molecule has 4 aromatic rings. The van der Waals surface area contributed by atoms with E-state index in [1.807, 2.05) is 47.8 Å². The SMILES string of the molecule is CC(C)(C)OC(=O)N1C(C)(C)OCC1(C)C(=O)Nc1ccc(-c2csc(-c3ccc(-c4ccccc4)cc3)n2)cc1. The smallest absolute Gasteiger partial charge is 0.413 e. The summed E-state index contributed by atoms with van der Waals surface area (Å²) >= 11 is 1.59. The van der Waals surface area contributed by atoms with Crippen LogP contribution in [0.15, 0.2) is 84.2 Å². The minimum Gasteiger partial charge on any atom is -0.444 e. The number of anilines is 1. The van der Waals surface area contributed by atoms with Crippen molar-refractivity contribution in [3.8, 4) is 33.0 Å². The fourth-order valence-corrected chi connectivity index (χ4v) is 5.74. The summed E-state index contributed by atoms with van der Waals surface area (Å²) in [6, 6.07) is 26.2. The summed E-state index contributed by atoms with van der Waals surface area (Å²) in [4.78, 5) is 32.8. The number of aromatic nitrogens is 1. The number of thiazole rings is 1. The van der Waals surface area contributed by atoms with Crippen molar-refractivity contribution in [1.82, 2.24) is 9.88 Å². The van der Waals surface area contributed by atoms with E-state index in [9.17, 15) is 9.59 Å². The van der Waals surface area contributed by atoms with Gasteiger partial charge in [-0.15, -0.1) is 11.3 Å². The summed E-state index contributed by atoms with van der Waals surface area (Å²) in [6.07, 6.45) is -0.595. The Bertz CT molecular complexity index is 1540. The number of ether oxygens (including phenoxy) is 2. The predicted octanol–water partition coefficient (Wildman–Crippen LogP) is 7.84. The number of carbonyl (C=O) groups is 2. The number of carbonyl (C=O) groups excluding carboxylic acids is 2. The van der Waals surface area contributed by atoms with Crippen LogP contribution in [0.1, 0.15) is 41.5 Å². The molecule has 1 saturated heterocycles. The molecular formula is C33H35N3O4S. The number of hydrogen-bond acceptors (Lipinski definition) is 6. The van der Waals surface area contributed by atoms with Crippen LogP contribution in [0.5, 0.6) is 0 Å². The lowest BCUT2D eigenvalue weighted by atomic mass is 9.99. The van der Waals surface area contributed by atoms with E-state index in [0.717, 1.165) is 21.8 Å². The van der Waals surface area contributed by atoms with Gasteiger partial charge in [-0.3, -0.25) is 9.69 Å². The number of nitrogens with one attached hydrogen (secondary N) is 1. The van der Waals surface area contributed by atoms with Gasteiger partial charge < -0.3 is 14.8 Å². The van der Waals surface area contributed by atoms with Crippen LogP contribution in [-0.4, -0.2) is 45.4 Å². The molecule has 1 atom stereocenters. The molecule has 8 heteroatoms. The van der Waals surface area contributed by atoms with Gasteiger partial charge >= 0.3 is 6.09 Å². The van der Waals surface area contributed by atoms with Crippen LogP contribution in [0.4, 0.5) is 10.5 Å². The zero-order valence-corrected chi connectivity index (χ0v) is 25.0. The second-order valence-electron chi connectivity index (χ2n) is 11.8. The molecule has 1 aliphatic rings. The van der Waals surface area contributed by atoms with Crippen molar-refractivity contribution >= 4 is 29.0 Å². The third-order valence-corrected chi connectivity index (χ3v) is 7.88. The second kappa shape index (κ2) is 10.8. The van der Waals surface area contributed by atoms with Gasteiger partial charge in [0.1, 0.15) is 21.9 Å². The molecule has 3 aromatic carbocycles. The summed E-state index contributed by atoms with van der Waals surface area (Å²) in [5, 5.41) is 5.93. The number of rotatable bonds is 5. The predicted molar refractivity (Wildman–Crippen MR) is 164 cm³/mol. The molecule has 2 amide bonds. The van der Waals surface area contributed by atoms with Gasteiger partial charge in [0, 0.05) is 22.2 Å². The highest BCUT2D eigenvalue weighted by molar-refractivity contribution is 7.13. The quantitative estimate of drug-likeness (QED) is 0.265. The van der Waals surface area contributed by atoms with E-state index in [2.05, 4.69) is 41.7 Å². The highest BCUT2D eigenvalue weighted by Gasteiger charge is 2.57. The summed E-state index contributed by atoms with van der Waals surface area (Å²) in [5.74, 6) is -0.350. The zero-order chi connectivity index (χ0) is 29.4. The molecule has 1 aromatic heterocycles. The third kappa shape index (κ3) is 6.04. The Balaban J connectivity index is 1.28. The van der Waals surface area contributed by atoms with Crippen LogP contribution < -0.4 is 5.32 Å². The average molecular weight is 570 g/mol. The first kappa shape index (κ1) is 28.5. The third-order valence-electron chi connectivity index (χ3n) is 6.99. The van der Waals surface area contributed by atoms with Crippen LogP contribution in [0.2, 0.25) is 0 Å². The molecule has 1 unspecified atom stereocenters. The molecular weight excluding hydrogens is 534 g/mol. The van der Waals surface area contributed by atoms with Gasteiger partial charge in [-0.2, -0.15) is 0 Å². The maximum atomic E-state index is 13.5. The van der Waals surface area contributed by atoms with Crippen LogP contribution in [-0.2, 0) is 14.3 Å². The van der Waals surface area contributed by atoms with Crippen molar-refractivity contribution in [1.29, 1.82) is 0 Å². The first-order chi connectivity index (χ1) is 19.4. The highest BCUT2D eigenvalue weighted by atomic mass is 32.1. The van der Waals surface area contributed by atoms with Gasteiger partial charge in [-0.1, -0.05) is 66.7 Å². The molecule has 1 aliphatic heterocycles. The molecule has 1 fully saturated rings. The van der Waals surface area contributed by atoms with Crippen LogP contribution in [0, 0.1) is 0 Å². The Morgan fingerprint density at radius 1 is 0.878 bits per heavy atom. The summed E-state index contributed by atoms with van der Waals surface area (Å²) in [5.41, 5.74) is 2.88. The van der Waals surface area contributed by atoms with Crippen molar-refractivity contribution < 1.29 is 19.1 Å².